The van der Waals surface area contributed by atoms with Crippen LogP contribution in [0.15, 0.2) is 34.8 Å². The van der Waals surface area contributed by atoms with E-state index in [4.69, 9.17) is 0 Å². The number of hydrogen-bond donors (Lipinski definition) is 0. The van der Waals surface area contributed by atoms with Gasteiger partial charge in [0.1, 0.15) is 5.69 Å². The second-order valence-corrected chi connectivity index (χ2v) is 4.12. The third-order valence-electron chi connectivity index (χ3n) is 2.30. The molecule has 1 aromatic rings. The summed E-state index contributed by atoms with van der Waals surface area (Å²) in [6.45, 7) is 4.28. The van der Waals surface area contributed by atoms with Crippen LogP contribution >= 0.6 is 11.5 Å². The summed E-state index contributed by atoms with van der Waals surface area (Å²) in [5.41, 5.74) is 4.95. The average Bonchev–Trinajstić information content (AvgIpc) is 2.71. The average molecular weight is 204 g/mol. The highest BCUT2D eigenvalue weighted by Gasteiger charge is 2.06. The molecule has 0 saturated carbocycles. The minimum absolute atomic E-state index is 0.985. The fourth-order valence-electron chi connectivity index (χ4n) is 1.40. The van der Waals surface area contributed by atoms with E-state index in [0.29, 0.717) is 0 Å². The van der Waals surface area contributed by atoms with Crippen molar-refractivity contribution in [1.82, 2.24) is 9.59 Å². The Hall–Kier alpha value is -1.22. The zero-order chi connectivity index (χ0) is 9.97. The Bertz CT molecular complexity index is 407. The summed E-state index contributed by atoms with van der Waals surface area (Å²) in [4.78, 5) is 0. The minimum Gasteiger partial charge on any atom is -0.138 e. The summed E-state index contributed by atoms with van der Waals surface area (Å²) in [6.07, 6.45) is 7.50. The zero-order valence-corrected chi connectivity index (χ0v) is 9.14. The van der Waals surface area contributed by atoms with Crippen LogP contribution in [0.4, 0.5) is 0 Å². The van der Waals surface area contributed by atoms with Gasteiger partial charge in [-0.05, 0) is 42.9 Å². The number of nitrogens with zero attached hydrogens (tertiary/aromatic N) is 2. The molecule has 2 nitrogen and oxygen atoms in total. The van der Waals surface area contributed by atoms with E-state index in [1.54, 1.807) is 0 Å². The molecule has 0 atom stereocenters. The van der Waals surface area contributed by atoms with Crippen LogP contribution in [0.25, 0.3) is 5.57 Å². The highest BCUT2D eigenvalue weighted by molar-refractivity contribution is 7.03. The van der Waals surface area contributed by atoms with Crippen molar-refractivity contribution >= 4 is 17.1 Å². The molecule has 0 fully saturated rings. The van der Waals surface area contributed by atoms with Gasteiger partial charge in [0, 0.05) is 5.38 Å². The van der Waals surface area contributed by atoms with Crippen LogP contribution in [0.5, 0.6) is 0 Å². The molecule has 1 aliphatic carbocycles. The molecule has 0 bridgehead atoms. The summed E-state index contributed by atoms with van der Waals surface area (Å²) in [5.74, 6) is 0. The summed E-state index contributed by atoms with van der Waals surface area (Å²) in [5, 5.41) is 6.02. The van der Waals surface area contributed by atoms with Crippen molar-refractivity contribution in [2.45, 2.75) is 20.3 Å². The molecule has 0 spiro atoms. The molecule has 0 aromatic carbocycles. The molecular weight excluding hydrogens is 192 g/mol. The van der Waals surface area contributed by atoms with Gasteiger partial charge in [0.2, 0.25) is 0 Å². The van der Waals surface area contributed by atoms with Crippen molar-refractivity contribution in [2.75, 3.05) is 0 Å². The van der Waals surface area contributed by atoms with Gasteiger partial charge in [-0.25, -0.2) is 0 Å². The molecule has 0 aliphatic heterocycles. The van der Waals surface area contributed by atoms with E-state index in [-0.39, 0.29) is 0 Å². The van der Waals surface area contributed by atoms with Crippen LogP contribution in [-0.4, -0.2) is 9.59 Å². The molecule has 1 aliphatic rings. The summed E-state index contributed by atoms with van der Waals surface area (Å²) >= 11 is 1.39. The number of aromatic nitrogens is 2. The van der Waals surface area contributed by atoms with Gasteiger partial charge in [0.15, 0.2) is 0 Å². The van der Waals surface area contributed by atoms with E-state index in [1.165, 1.54) is 28.3 Å². The maximum Gasteiger partial charge on any atom is 0.105 e. The standard InChI is InChI=1S/C11H12N2S/c1-8(2)9-3-5-10(6-4-9)11-7-14-13-12-11/h3,5-7H,4H2,1-2H3. The molecule has 3 heteroatoms. The molecule has 0 N–H and O–H groups in total. The summed E-state index contributed by atoms with van der Waals surface area (Å²) in [7, 11) is 0. The maximum atomic E-state index is 4.04. The lowest BCUT2D eigenvalue weighted by molar-refractivity contribution is 1.12. The van der Waals surface area contributed by atoms with Gasteiger partial charge in [-0.2, -0.15) is 0 Å². The van der Waals surface area contributed by atoms with Gasteiger partial charge in [-0.1, -0.05) is 28.3 Å². The quantitative estimate of drug-likeness (QED) is 0.702. The van der Waals surface area contributed by atoms with Gasteiger partial charge in [0.25, 0.3) is 0 Å². The minimum atomic E-state index is 0.985. The van der Waals surface area contributed by atoms with E-state index in [1.807, 2.05) is 5.38 Å². The molecule has 0 radical (unpaired) electrons. The monoisotopic (exact) mass is 204 g/mol. The Labute approximate surface area is 87.8 Å². The molecule has 1 heterocycles. The van der Waals surface area contributed by atoms with Crippen LogP contribution in [-0.2, 0) is 0 Å². The predicted octanol–water partition coefficient (Wildman–Crippen LogP) is 3.22. The maximum absolute atomic E-state index is 4.04. The largest absolute Gasteiger partial charge is 0.138 e. The SMILES string of the molecule is CC(C)=C1C=CC(c2csnn2)=CC1. The number of allylic oxidation sites excluding steroid dienone is 6. The highest BCUT2D eigenvalue weighted by atomic mass is 32.1. The normalized spacial score (nSPS) is 15.6. The van der Waals surface area contributed by atoms with E-state index in [0.717, 1.165) is 12.1 Å². The van der Waals surface area contributed by atoms with Crippen molar-refractivity contribution in [3.8, 4) is 0 Å². The smallest absolute Gasteiger partial charge is 0.105 e. The highest BCUT2D eigenvalue weighted by Crippen LogP contribution is 2.24. The zero-order valence-electron chi connectivity index (χ0n) is 8.32. The lowest BCUT2D eigenvalue weighted by Crippen LogP contribution is -1.90. The molecule has 1 aromatic heterocycles. The Morgan fingerprint density at radius 2 is 2.21 bits per heavy atom. The van der Waals surface area contributed by atoms with E-state index in [2.05, 4.69) is 41.7 Å². The fourth-order valence-corrected chi connectivity index (χ4v) is 1.86. The van der Waals surface area contributed by atoms with Gasteiger partial charge < -0.3 is 0 Å². The molecular formula is C11H12N2S. The van der Waals surface area contributed by atoms with Gasteiger partial charge in [-0.3, -0.25) is 0 Å². The topological polar surface area (TPSA) is 25.8 Å². The second-order valence-electron chi connectivity index (χ2n) is 3.51. The Morgan fingerprint density at radius 3 is 2.71 bits per heavy atom. The van der Waals surface area contributed by atoms with Gasteiger partial charge in [-0.15, -0.1) is 5.10 Å². The lowest BCUT2D eigenvalue weighted by atomic mass is 9.98. The lowest BCUT2D eigenvalue weighted by Gasteiger charge is -2.08. The van der Waals surface area contributed by atoms with Crippen LogP contribution < -0.4 is 0 Å². The van der Waals surface area contributed by atoms with E-state index < -0.39 is 0 Å². The Morgan fingerprint density at radius 1 is 1.36 bits per heavy atom. The van der Waals surface area contributed by atoms with Crippen molar-refractivity contribution in [1.29, 1.82) is 0 Å². The van der Waals surface area contributed by atoms with Crippen molar-refractivity contribution in [3.05, 3.63) is 40.4 Å². The van der Waals surface area contributed by atoms with Gasteiger partial charge >= 0.3 is 0 Å². The molecule has 0 amide bonds. The first-order chi connectivity index (χ1) is 6.77. The fraction of sp³-hybridized carbons (Fsp3) is 0.273. The Kier molecular flexibility index (Phi) is 2.59. The van der Waals surface area contributed by atoms with Crippen LogP contribution in [0.3, 0.4) is 0 Å². The van der Waals surface area contributed by atoms with Crippen LogP contribution in [0.1, 0.15) is 26.0 Å². The molecule has 2 rings (SSSR count). The van der Waals surface area contributed by atoms with Gasteiger partial charge in [0.05, 0.1) is 0 Å². The van der Waals surface area contributed by atoms with Crippen molar-refractivity contribution in [2.24, 2.45) is 0 Å². The molecule has 0 saturated heterocycles. The van der Waals surface area contributed by atoms with Crippen molar-refractivity contribution < 1.29 is 0 Å². The van der Waals surface area contributed by atoms with E-state index in [9.17, 15) is 0 Å². The third-order valence-corrected chi connectivity index (χ3v) is 2.81. The molecule has 72 valence electrons. The first kappa shape index (κ1) is 9.34. The number of rotatable bonds is 1. The third kappa shape index (κ3) is 1.82. The molecule has 0 unspecified atom stereocenters. The second kappa shape index (κ2) is 3.88. The predicted molar refractivity (Wildman–Crippen MR) is 60.0 cm³/mol. The summed E-state index contributed by atoms with van der Waals surface area (Å²) < 4.78 is 3.86. The van der Waals surface area contributed by atoms with Crippen LogP contribution in [0.2, 0.25) is 0 Å². The summed E-state index contributed by atoms with van der Waals surface area (Å²) in [6, 6.07) is 0. The first-order valence-electron chi connectivity index (χ1n) is 4.59. The first-order valence-corrected chi connectivity index (χ1v) is 5.43. The van der Waals surface area contributed by atoms with Crippen molar-refractivity contribution in [3.63, 3.8) is 0 Å². The number of hydrogen-bond acceptors (Lipinski definition) is 3. The van der Waals surface area contributed by atoms with E-state index >= 15 is 0 Å². The van der Waals surface area contributed by atoms with Crippen LogP contribution in [0, 0.1) is 0 Å². The molecule has 14 heavy (non-hydrogen) atoms. The Balaban J connectivity index is 2.23.